The van der Waals surface area contributed by atoms with E-state index in [2.05, 4.69) is 0 Å². The Morgan fingerprint density at radius 3 is 2.45 bits per heavy atom. The monoisotopic (exact) mass is 269 g/mol. The first-order valence-electron chi connectivity index (χ1n) is 6.00. The van der Waals surface area contributed by atoms with E-state index in [9.17, 15) is 19.8 Å². The molecular weight excluding hydrogens is 258 g/mol. The van der Waals surface area contributed by atoms with Crippen LogP contribution >= 0.6 is 0 Å². The number of benzene rings is 2. The minimum absolute atomic E-state index is 0.114. The molecular formula is C15H11NO4. The normalized spacial score (nSPS) is 12.7. The molecule has 0 atom stereocenters. The number of phenolic OH excluding ortho intramolecular Hbond substituents is 2. The van der Waals surface area contributed by atoms with Crippen molar-refractivity contribution in [3.05, 3.63) is 58.1 Å². The number of amides is 1. The lowest BCUT2D eigenvalue weighted by Gasteiger charge is -2.20. The van der Waals surface area contributed by atoms with Gasteiger partial charge in [0.15, 0.2) is 0 Å². The van der Waals surface area contributed by atoms with Gasteiger partial charge in [0.2, 0.25) is 11.7 Å². The molecule has 20 heavy (non-hydrogen) atoms. The van der Waals surface area contributed by atoms with E-state index >= 15 is 0 Å². The van der Waals surface area contributed by atoms with Crippen molar-refractivity contribution < 1.29 is 19.8 Å². The molecule has 0 heterocycles. The average molecular weight is 269 g/mol. The Kier molecular flexibility index (Phi) is 2.50. The van der Waals surface area contributed by atoms with Crippen LogP contribution < -0.4 is 5.73 Å². The summed E-state index contributed by atoms with van der Waals surface area (Å²) in [5, 5.41) is 19.8. The number of ketones is 1. The van der Waals surface area contributed by atoms with Crippen LogP contribution in [0.4, 0.5) is 0 Å². The van der Waals surface area contributed by atoms with Gasteiger partial charge in [-0.1, -0.05) is 12.1 Å². The van der Waals surface area contributed by atoms with Crippen LogP contribution in [-0.4, -0.2) is 21.9 Å². The molecule has 5 heteroatoms. The third kappa shape index (κ3) is 1.64. The lowest BCUT2D eigenvalue weighted by Crippen LogP contribution is -2.18. The van der Waals surface area contributed by atoms with Crippen LogP contribution in [0.15, 0.2) is 30.3 Å². The summed E-state index contributed by atoms with van der Waals surface area (Å²) in [6.45, 7) is 0. The van der Waals surface area contributed by atoms with Crippen molar-refractivity contribution in [1.29, 1.82) is 0 Å². The van der Waals surface area contributed by atoms with Crippen molar-refractivity contribution in [2.45, 2.75) is 6.42 Å². The van der Waals surface area contributed by atoms with Crippen molar-refractivity contribution in [2.75, 3.05) is 0 Å². The Morgan fingerprint density at radius 1 is 1.05 bits per heavy atom. The summed E-state index contributed by atoms with van der Waals surface area (Å²) in [5.74, 6) is -1.53. The van der Waals surface area contributed by atoms with E-state index in [-0.39, 0.29) is 28.2 Å². The predicted molar refractivity (Wildman–Crippen MR) is 71.0 cm³/mol. The summed E-state index contributed by atoms with van der Waals surface area (Å²) in [4.78, 5) is 23.6. The molecule has 2 aromatic carbocycles. The van der Waals surface area contributed by atoms with Crippen LogP contribution in [-0.2, 0) is 6.42 Å². The van der Waals surface area contributed by atoms with Gasteiger partial charge in [-0.15, -0.1) is 0 Å². The molecule has 0 bridgehead atoms. The fourth-order valence-corrected chi connectivity index (χ4v) is 2.56. The smallest absolute Gasteiger partial charge is 0.248 e. The number of hydrogen-bond acceptors (Lipinski definition) is 4. The van der Waals surface area contributed by atoms with Gasteiger partial charge >= 0.3 is 0 Å². The van der Waals surface area contributed by atoms with Gasteiger partial charge in [0.1, 0.15) is 11.5 Å². The van der Waals surface area contributed by atoms with Crippen LogP contribution in [0, 0.1) is 0 Å². The number of carbonyl (C=O) groups is 2. The molecule has 3 rings (SSSR count). The molecule has 4 N–H and O–H groups in total. The minimum atomic E-state index is -0.669. The number of primary amides is 1. The number of hydrogen-bond donors (Lipinski definition) is 3. The van der Waals surface area contributed by atoms with Crippen LogP contribution in [0.2, 0.25) is 0 Å². The third-order valence-corrected chi connectivity index (χ3v) is 3.45. The lowest BCUT2D eigenvalue weighted by molar-refractivity contribution is 0.0994. The van der Waals surface area contributed by atoms with Gasteiger partial charge in [-0.3, -0.25) is 9.59 Å². The Bertz CT molecular complexity index is 765. The molecule has 2 aromatic rings. The number of fused-ring (bicyclic) bond motifs is 2. The second-order valence-electron chi connectivity index (χ2n) is 4.71. The van der Waals surface area contributed by atoms with E-state index in [1.54, 1.807) is 12.1 Å². The summed E-state index contributed by atoms with van der Waals surface area (Å²) >= 11 is 0. The highest BCUT2D eigenvalue weighted by Crippen LogP contribution is 2.36. The van der Waals surface area contributed by atoms with Crippen LogP contribution in [0.5, 0.6) is 11.5 Å². The highest BCUT2D eigenvalue weighted by Gasteiger charge is 2.29. The highest BCUT2D eigenvalue weighted by molar-refractivity contribution is 6.16. The number of rotatable bonds is 1. The van der Waals surface area contributed by atoms with Gasteiger partial charge in [0.05, 0.1) is 11.1 Å². The SMILES string of the molecule is NC(=O)c1cc(O)c2c(c1)Cc1cccc(O)c1C2=O. The first-order valence-corrected chi connectivity index (χ1v) is 6.00. The maximum Gasteiger partial charge on any atom is 0.248 e. The van der Waals surface area contributed by atoms with Gasteiger partial charge in [-0.05, 0) is 35.7 Å². The summed E-state index contributed by atoms with van der Waals surface area (Å²) in [5.41, 5.74) is 6.84. The summed E-state index contributed by atoms with van der Waals surface area (Å²) < 4.78 is 0. The van der Waals surface area contributed by atoms with Crippen LogP contribution in [0.3, 0.4) is 0 Å². The number of aromatic hydroxyl groups is 2. The first kappa shape index (κ1) is 12.2. The fourth-order valence-electron chi connectivity index (χ4n) is 2.56. The molecule has 1 aliphatic rings. The van der Waals surface area contributed by atoms with Crippen LogP contribution in [0.1, 0.15) is 37.4 Å². The quantitative estimate of drug-likeness (QED) is 0.620. The molecule has 0 aliphatic heterocycles. The van der Waals surface area contributed by atoms with Crippen molar-refractivity contribution in [2.24, 2.45) is 5.73 Å². The molecule has 5 nitrogen and oxygen atoms in total. The molecule has 0 saturated heterocycles. The first-order chi connectivity index (χ1) is 9.49. The second kappa shape index (κ2) is 4.09. The summed E-state index contributed by atoms with van der Waals surface area (Å²) in [7, 11) is 0. The largest absolute Gasteiger partial charge is 0.507 e. The Labute approximate surface area is 114 Å². The van der Waals surface area contributed by atoms with E-state index in [0.717, 1.165) is 0 Å². The summed E-state index contributed by atoms with van der Waals surface area (Å²) in [6.07, 6.45) is 0.347. The van der Waals surface area contributed by atoms with E-state index in [4.69, 9.17) is 5.73 Å². The molecule has 1 amide bonds. The third-order valence-electron chi connectivity index (χ3n) is 3.45. The van der Waals surface area contributed by atoms with Gasteiger partial charge in [0.25, 0.3) is 0 Å². The zero-order chi connectivity index (χ0) is 14.4. The molecule has 0 fully saturated rings. The van der Waals surface area contributed by atoms with Crippen molar-refractivity contribution in [1.82, 2.24) is 0 Å². The predicted octanol–water partition coefficient (Wildman–Crippen LogP) is 1.33. The fraction of sp³-hybridized carbons (Fsp3) is 0.0667. The van der Waals surface area contributed by atoms with Gasteiger partial charge < -0.3 is 15.9 Å². The second-order valence-corrected chi connectivity index (χ2v) is 4.71. The van der Waals surface area contributed by atoms with E-state index in [1.807, 2.05) is 0 Å². The molecule has 0 radical (unpaired) electrons. The highest BCUT2D eigenvalue weighted by atomic mass is 16.3. The van der Waals surface area contributed by atoms with E-state index in [1.165, 1.54) is 18.2 Å². The van der Waals surface area contributed by atoms with Gasteiger partial charge in [-0.2, -0.15) is 0 Å². The topological polar surface area (TPSA) is 101 Å². The Hall–Kier alpha value is -2.82. The van der Waals surface area contributed by atoms with E-state index < -0.39 is 11.7 Å². The molecule has 0 aromatic heterocycles. The maximum absolute atomic E-state index is 12.4. The Balaban J connectivity index is 2.25. The van der Waals surface area contributed by atoms with Crippen molar-refractivity contribution in [3.8, 4) is 11.5 Å². The van der Waals surface area contributed by atoms with Crippen LogP contribution in [0.25, 0.3) is 0 Å². The maximum atomic E-state index is 12.4. The van der Waals surface area contributed by atoms with Gasteiger partial charge in [0, 0.05) is 5.56 Å². The number of carbonyl (C=O) groups excluding carboxylic acids is 2. The van der Waals surface area contributed by atoms with Crippen molar-refractivity contribution >= 4 is 11.7 Å². The molecule has 0 spiro atoms. The number of nitrogens with two attached hydrogens (primary N) is 1. The average Bonchev–Trinajstić information content (AvgIpc) is 2.37. The number of phenols is 2. The molecule has 100 valence electrons. The molecule has 0 unspecified atom stereocenters. The van der Waals surface area contributed by atoms with E-state index in [0.29, 0.717) is 17.5 Å². The minimum Gasteiger partial charge on any atom is -0.507 e. The standard InChI is InChI=1S/C15H11NO4/c16-15(20)9-5-8-4-7-2-1-3-10(17)12(7)14(19)13(8)11(18)6-9/h1-3,5-6,17-18H,4H2,(H2,16,20). The zero-order valence-electron chi connectivity index (χ0n) is 10.4. The zero-order valence-corrected chi connectivity index (χ0v) is 10.4. The van der Waals surface area contributed by atoms with Crippen molar-refractivity contribution in [3.63, 3.8) is 0 Å². The lowest BCUT2D eigenvalue weighted by atomic mass is 9.83. The van der Waals surface area contributed by atoms with Gasteiger partial charge in [-0.25, -0.2) is 0 Å². The summed E-state index contributed by atoms with van der Waals surface area (Å²) in [6, 6.07) is 7.47. The molecule has 0 saturated carbocycles. The Morgan fingerprint density at radius 2 is 1.75 bits per heavy atom. The molecule has 1 aliphatic carbocycles.